The Bertz CT molecular complexity index is 201. The quantitative estimate of drug-likeness (QED) is 0.640. The highest BCUT2D eigenvalue weighted by molar-refractivity contribution is 5.85. The second-order valence-electron chi connectivity index (χ2n) is 2.62. The molecule has 6 nitrogen and oxygen atoms in total. The van der Waals surface area contributed by atoms with Crippen molar-refractivity contribution in [1.82, 2.24) is 4.90 Å². The highest BCUT2D eigenvalue weighted by Crippen LogP contribution is 2.01. The monoisotopic (exact) mass is 189 g/mol. The molecule has 0 fully saturated rings. The van der Waals surface area contributed by atoms with E-state index in [2.05, 4.69) is 0 Å². The van der Waals surface area contributed by atoms with E-state index in [4.69, 9.17) is 10.2 Å². The lowest BCUT2D eigenvalue weighted by Crippen LogP contribution is -2.35. The van der Waals surface area contributed by atoms with Crippen molar-refractivity contribution in [2.24, 2.45) is 5.92 Å². The first-order chi connectivity index (χ1) is 5.99. The lowest BCUT2D eigenvalue weighted by molar-refractivity contribution is -0.110. The van der Waals surface area contributed by atoms with E-state index < -0.39 is 12.2 Å². The van der Waals surface area contributed by atoms with Crippen LogP contribution >= 0.6 is 0 Å². The molecule has 0 aromatic heterocycles. The summed E-state index contributed by atoms with van der Waals surface area (Å²) in [6, 6.07) is 0. The minimum absolute atomic E-state index is 0.176. The molecule has 13 heavy (non-hydrogen) atoms. The van der Waals surface area contributed by atoms with E-state index in [-0.39, 0.29) is 23.8 Å². The average Bonchev–Trinajstić information content (AvgIpc) is 2.03. The van der Waals surface area contributed by atoms with Crippen molar-refractivity contribution in [2.45, 2.75) is 13.3 Å². The highest BCUT2D eigenvalue weighted by Gasteiger charge is 2.19. The molecule has 0 saturated heterocycles. The lowest BCUT2D eigenvalue weighted by atomic mass is 10.1. The lowest BCUT2D eigenvalue weighted by Gasteiger charge is -2.13. The molecule has 0 aliphatic rings. The van der Waals surface area contributed by atoms with Gasteiger partial charge in [-0.15, -0.1) is 0 Å². The molecule has 1 unspecified atom stereocenters. The summed E-state index contributed by atoms with van der Waals surface area (Å²) in [5.41, 5.74) is 0. The van der Waals surface area contributed by atoms with Gasteiger partial charge in [0, 0.05) is 12.5 Å². The first-order valence-electron chi connectivity index (χ1n) is 3.67. The first kappa shape index (κ1) is 11.4. The maximum absolute atomic E-state index is 10.3. The van der Waals surface area contributed by atoms with Gasteiger partial charge in [0.15, 0.2) is 0 Å². The number of carbonyl (C=O) groups is 3. The zero-order valence-electron chi connectivity index (χ0n) is 7.14. The Morgan fingerprint density at radius 2 is 1.85 bits per heavy atom. The third kappa shape index (κ3) is 4.09. The molecule has 0 radical (unpaired) electrons. The molecule has 0 aromatic carbocycles. The molecule has 0 aliphatic heterocycles. The van der Waals surface area contributed by atoms with Crippen LogP contribution in [0.3, 0.4) is 0 Å². The molecule has 0 saturated carbocycles. The zero-order valence-corrected chi connectivity index (χ0v) is 7.14. The summed E-state index contributed by atoms with van der Waals surface area (Å²) in [7, 11) is 0. The van der Waals surface area contributed by atoms with E-state index in [0.29, 0.717) is 6.29 Å². The Morgan fingerprint density at radius 1 is 1.38 bits per heavy atom. The Labute approximate surface area is 74.8 Å². The number of carbonyl (C=O) groups excluding carboxylic acids is 1. The summed E-state index contributed by atoms with van der Waals surface area (Å²) in [5, 5.41) is 16.8. The Hall–Kier alpha value is -1.59. The van der Waals surface area contributed by atoms with Gasteiger partial charge in [0.2, 0.25) is 0 Å². The van der Waals surface area contributed by atoms with E-state index in [9.17, 15) is 14.4 Å². The van der Waals surface area contributed by atoms with Gasteiger partial charge in [0.1, 0.15) is 6.29 Å². The van der Waals surface area contributed by atoms with Gasteiger partial charge in [-0.3, -0.25) is 0 Å². The summed E-state index contributed by atoms with van der Waals surface area (Å²) in [4.78, 5) is 31.0. The van der Waals surface area contributed by atoms with Gasteiger partial charge in [-0.25, -0.2) is 14.5 Å². The fourth-order valence-electron chi connectivity index (χ4n) is 0.674. The highest BCUT2D eigenvalue weighted by atomic mass is 16.4. The summed E-state index contributed by atoms with van der Waals surface area (Å²) < 4.78 is 0. The molecular formula is C7H11NO5. The topological polar surface area (TPSA) is 94.9 Å². The van der Waals surface area contributed by atoms with Crippen LogP contribution in [0.2, 0.25) is 0 Å². The number of hydrogen-bond donors (Lipinski definition) is 2. The summed E-state index contributed by atoms with van der Waals surface area (Å²) in [6.45, 7) is 1.42. The molecule has 2 amide bonds. The third-order valence-corrected chi connectivity index (χ3v) is 1.50. The van der Waals surface area contributed by atoms with Crippen molar-refractivity contribution in [3.8, 4) is 0 Å². The summed E-state index contributed by atoms with van der Waals surface area (Å²) >= 11 is 0. The second kappa shape index (κ2) is 5.13. The number of nitrogens with zero attached hydrogens (tertiary/aromatic N) is 1. The Morgan fingerprint density at radius 3 is 2.15 bits per heavy atom. The van der Waals surface area contributed by atoms with Gasteiger partial charge in [-0.05, 0) is 6.42 Å². The number of hydrogen-bond acceptors (Lipinski definition) is 3. The van der Waals surface area contributed by atoms with Gasteiger partial charge >= 0.3 is 12.2 Å². The van der Waals surface area contributed by atoms with Gasteiger partial charge < -0.3 is 15.0 Å². The van der Waals surface area contributed by atoms with Crippen molar-refractivity contribution in [3.63, 3.8) is 0 Å². The normalized spacial score (nSPS) is 11.8. The van der Waals surface area contributed by atoms with Gasteiger partial charge in [-0.2, -0.15) is 0 Å². The van der Waals surface area contributed by atoms with Crippen molar-refractivity contribution in [2.75, 3.05) is 6.54 Å². The van der Waals surface area contributed by atoms with Crippen LogP contribution < -0.4 is 0 Å². The van der Waals surface area contributed by atoms with Crippen LogP contribution in [0.25, 0.3) is 0 Å². The number of imide groups is 1. The number of aldehydes is 1. The minimum Gasteiger partial charge on any atom is -0.465 e. The number of rotatable bonds is 4. The van der Waals surface area contributed by atoms with Crippen molar-refractivity contribution < 1.29 is 24.6 Å². The van der Waals surface area contributed by atoms with Crippen LogP contribution in [0.5, 0.6) is 0 Å². The molecule has 0 rings (SSSR count). The minimum atomic E-state index is -1.52. The van der Waals surface area contributed by atoms with Gasteiger partial charge in [-0.1, -0.05) is 6.92 Å². The number of carboxylic acid groups (broad SMARTS) is 2. The first-order valence-corrected chi connectivity index (χ1v) is 3.67. The molecule has 0 bridgehead atoms. The van der Waals surface area contributed by atoms with E-state index in [1.54, 1.807) is 6.92 Å². The molecule has 74 valence electrons. The Balaban J connectivity index is 4.05. The Kier molecular flexibility index (Phi) is 4.50. The van der Waals surface area contributed by atoms with Crippen molar-refractivity contribution in [3.05, 3.63) is 0 Å². The zero-order chi connectivity index (χ0) is 10.4. The molecule has 0 spiro atoms. The van der Waals surface area contributed by atoms with Crippen molar-refractivity contribution in [1.29, 1.82) is 0 Å². The van der Waals surface area contributed by atoms with Gasteiger partial charge in [0.05, 0.1) is 0 Å². The maximum Gasteiger partial charge on any atom is 0.416 e. The fourth-order valence-corrected chi connectivity index (χ4v) is 0.674. The molecule has 0 aliphatic carbocycles. The van der Waals surface area contributed by atoms with Gasteiger partial charge in [0.25, 0.3) is 0 Å². The SMILES string of the molecule is CC(C=O)CCN(C(=O)O)C(=O)O. The largest absolute Gasteiger partial charge is 0.465 e. The second-order valence-corrected chi connectivity index (χ2v) is 2.62. The van der Waals surface area contributed by atoms with Crippen LogP contribution in [0, 0.1) is 5.92 Å². The molecule has 6 heteroatoms. The van der Waals surface area contributed by atoms with E-state index in [0.717, 1.165) is 0 Å². The van der Waals surface area contributed by atoms with E-state index in [1.807, 2.05) is 0 Å². The van der Waals surface area contributed by atoms with Crippen LogP contribution in [-0.2, 0) is 4.79 Å². The smallest absolute Gasteiger partial charge is 0.416 e. The third-order valence-electron chi connectivity index (χ3n) is 1.50. The average molecular weight is 189 g/mol. The standard InChI is InChI=1S/C7H11NO5/c1-5(4-9)2-3-8(6(10)11)7(12)13/h4-5H,2-3H2,1H3,(H,10,11)(H,12,13). The van der Waals surface area contributed by atoms with E-state index in [1.165, 1.54) is 0 Å². The van der Waals surface area contributed by atoms with Crippen LogP contribution in [0.4, 0.5) is 9.59 Å². The van der Waals surface area contributed by atoms with Crippen LogP contribution in [-0.4, -0.2) is 40.1 Å². The van der Waals surface area contributed by atoms with Crippen molar-refractivity contribution >= 4 is 18.5 Å². The van der Waals surface area contributed by atoms with Crippen LogP contribution in [0.15, 0.2) is 0 Å². The summed E-state index contributed by atoms with van der Waals surface area (Å²) in [6.07, 6.45) is -2.18. The number of amides is 2. The van der Waals surface area contributed by atoms with E-state index >= 15 is 0 Å². The van der Waals surface area contributed by atoms with Crippen LogP contribution in [0.1, 0.15) is 13.3 Å². The molecule has 0 aromatic rings. The maximum atomic E-state index is 10.3. The molecule has 1 atom stereocenters. The summed E-state index contributed by atoms with van der Waals surface area (Å²) in [5.74, 6) is -0.332. The molecular weight excluding hydrogens is 178 g/mol. The molecule has 2 N–H and O–H groups in total. The fraction of sp³-hybridized carbons (Fsp3) is 0.571. The molecule has 0 heterocycles. The predicted octanol–water partition coefficient (Wildman–Crippen LogP) is 0.870. The predicted molar refractivity (Wildman–Crippen MR) is 42.6 cm³/mol.